The molecular formula is C113H98N6O2Pt2-2. The van der Waals surface area contributed by atoms with Crippen molar-refractivity contribution in [1.29, 1.82) is 0 Å². The SMILES string of the molecule is Cc1ccc(-c2ccnc(-c3[c-]c(-c4cccc5c4nc(-c4cc(C)cc(C)c4O)n5-c4ccc(C(C)(C)C)cc4-c4ccccc4)cc(-c4ccccc4)c3)c2)cc1.[2H]C([2H])([2H])c1cc(-c2cc(C([2H])(C)C)cc(C([2H])(C)C)c2)ccc1-n1c(-c2cc(C)cc(C)c2O)nc2c(-c3[c-]c(-c4cc(-c5ccc(C)cc5)ccn4)cc(-c4ccccc4)c3)cccc21.[Pt].[Pt]. The largest absolute Gasteiger partial charge is 0.507 e. The molecular weight excluding hydrogens is 1860 g/mol. The number of rotatable bonds is 16. The van der Waals surface area contributed by atoms with Crippen LogP contribution < -0.4 is 0 Å². The van der Waals surface area contributed by atoms with Gasteiger partial charge in [-0.2, -0.15) is 0 Å². The van der Waals surface area contributed by atoms with Gasteiger partial charge in [0.25, 0.3) is 0 Å². The fraction of sp³-hybridized carbons (Fsp3) is 0.150. The first-order valence-electron chi connectivity index (χ1n) is 43.7. The van der Waals surface area contributed by atoms with Crippen LogP contribution in [0.3, 0.4) is 0 Å². The Morgan fingerprint density at radius 2 is 0.732 bits per heavy atom. The maximum atomic E-state index is 11.8. The number of phenols is 2. The van der Waals surface area contributed by atoms with E-state index in [2.05, 4.69) is 252 Å². The van der Waals surface area contributed by atoms with E-state index in [1.54, 1.807) is 6.07 Å². The summed E-state index contributed by atoms with van der Waals surface area (Å²) in [7, 11) is 0. The number of para-hydroxylation sites is 2. The Labute approximate surface area is 759 Å². The van der Waals surface area contributed by atoms with Crippen LogP contribution in [-0.4, -0.2) is 39.3 Å². The molecule has 10 heteroatoms. The molecule has 0 fully saturated rings. The summed E-state index contributed by atoms with van der Waals surface area (Å²) >= 11 is 0. The number of nitrogens with zero attached hydrogens (tertiary/aromatic N) is 6. The molecule has 18 aromatic rings. The Hall–Kier alpha value is -12.7. The van der Waals surface area contributed by atoms with Crippen molar-refractivity contribution >= 4 is 22.1 Å². The maximum Gasteiger partial charge on any atom is 0.148 e. The molecule has 0 spiro atoms. The van der Waals surface area contributed by atoms with E-state index in [0.29, 0.717) is 50.6 Å². The number of fused-ring (bicyclic) bond motifs is 2. The zero-order valence-electron chi connectivity index (χ0n) is 76.2. The number of hydrogen-bond acceptors (Lipinski definition) is 6. The standard InChI is InChI=1S/C58H52N3O.C55H46N3O.2Pt/c1-35(2)45-28-46(36(3)4)30-48(29-45)43-21-22-54(39(7)27-43)61-55-16-12-15-51(56(55)60-58(61)52-26-38(6)25-40(8)57(52)62)49-31-47(41-13-10-9-11-14-41)32-50(33-49)53-34-44(23-24-59-53)42-19-17-37(5)18-20-42;1-35-20-22-39(23-21-35)41-26-27-56-49(33-41)44-31-42(38-14-9-7-10-15-38)30-43(32-44)46-18-13-19-51-52(46)57-54(48-29-36(2)28-37(3)53(48)59)58(51)50-25-24-45(55(4,5)6)34-47(50)40-16-11-8-12-17-40;;/h9-32,34-36,62H,1-8H3;7-31,33-34,59H,1-6H3;;/q2*-1;;/i7D3,35D,36D;;;. The van der Waals surface area contributed by atoms with Crippen LogP contribution in [-0.2, 0) is 47.5 Å². The first kappa shape index (κ1) is 78.8. The van der Waals surface area contributed by atoms with E-state index in [1.807, 2.05) is 169 Å². The van der Waals surface area contributed by atoms with Crippen LogP contribution >= 0.6 is 0 Å². The van der Waals surface area contributed by atoms with E-state index >= 15 is 0 Å². The number of aromatic hydroxyl groups is 2. The van der Waals surface area contributed by atoms with E-state index in [1.165, 1.54) is 16.7 Å². The number of imidazole rings is 2. The fourth-order valence-corrected chi connectivity index (χ4v) is 16.4. The molecule has 0 aliphatic carbocycles. The van der Waals surface area contributed by atoms with Gasteiger partial charge in [-0.15, -0.1) is 47.5 Å². The first-order valence-corrected chi connectivity index (χ1v) is 41.2. The van der Waals surface area contributed by atoms with Gasteiger partial charge < -0.3 is 10.2 Å². The van der Waals surface area contributed by atoms with Crippen molar-refractivity contribution in [2.24, 2.45) is 0 Å². The molecule has 14 aromatic carbocycles. The molecule has 0 radical (unpaired) electrons. The van der Waals surface area contributed by atoms with Crippen LogP contribution in [0.15, 0.2) is 316 Å². The molecule has 0 atom stereocenters. The molecule has 0 saturated heterocycles. The molecule has 0 saturated carbocycles. The summed E-state index contributed by atoms with van der Waals surface area (Å²) < 4.78 is 48.8. The van der Waals surface area contributed by atoms with E-state index in [9.17, 15) is 10.2 Å². The molecule has 0 bridgehead atoms. The molecule has 0 aliphatic heterocycles. The van der Waals surface area contributed by atoms with Crippen molar-refractivity contribution in [3.05, 3.63) is 383 Å². The van der Waals surface area contributed by atoms with Gasteiger partial charge in [0.2, 0.25) is 0 Å². The molecule has 18 rings (SSSR count). The summed E-state index contributed by atoms with van der Waals surface area (Å²) in [5, 5.41) is 23.6. The predicted molar refractivity (Wildman–Crippen MR) is 504 cm³/mol. The molecule has 614 valence electrons. The average molecular weight is 1970 g/mol. The van der Waals surface area contributed by atoms with Crippen molar-refractivity contribution in [2.45, 2.75) is 114 Å². The van der Waals surface area contributed by atoms with Crippen LogP contribution in [0.1, 0.15) is 123 Å². The van der Waals surface area contributed by atoms with Gasteiger partial charge in [0.15, 0.2) is 0 Å². The third kappa shape index (κ3) is 17.6. The molecule has 4 heterocycles. The Morgan fingerprint density at radius 1 is 0.333 bits per heavy atom. The number of aryl methyl sites for hydroxylation is 7. The molecule has 0 amide bonds. The summed E-state index contributed by atoms with van der Waals surface area (Å²) in [6.45, 7) is 23.4. The Balaban J connectivity index is 0.000000195. The predicted octanol–water partition coefficient (Wildman–Crippen LogP) is 29.6. The zero-order chi connectivity index (χ0) is 88.4. The van der Waals surface area contributed by atoms with Gasteiger partial charge in [-0.25, -0.2) is 9.97 Å². The molecule has 2 N–H and O–H groups in total. The van der Waals surface area contributed by atoms with E-state index in [4.69, 9.17) is 26.8 Å². The summed E-state index contributed by atoms with van der Waals surface area (Å²) in [4.78, 5) is 20.6. The summed E-state index contributed by atoms with van der Waals surface area (Å²) in [6, 6.07) is 111. The molecule has 123 heavy (non-hydrogen) atoms. The Morgan fingerprint density at radius 3 is 1.17 bits per heavy atom. The van der Waals surface area contributed by atoms with Crippen LogP contribution in [0.2, 0.25) is 0 Å². The molecule has 4 aromatic heterocycles. The first-order chi connectivity index (χ1) is 60.2. The maximum absolute atomic E-state index is 11.8. The summed E-state index contributed by atoms with van der Waals surface area (Å²) in [5.74, 6) is -0.589. The van der Waals surface area contributed by atoms with E-state index in [0.717, 1.165) is 151 Å². The molecule has 0 unspecified atom stereocenters. The van der Waals surface area contributed by atoms with Crippen molar-refractivity contribution in [2.75, 3.05) is 0 Å². The topological polar surface area (TPSA) is 102 Å². The normalized spacial score (nSPS) is 12.3. The molecule has 8 nitrogen and oxygen atoms in total. The van der Waals surface area contributed by atoms with Crippen LogP contribution in [0, 0.1) is 60.5 Å². The van der Waals surface area contributed by atoms with E-state index < -0.39 is 18.6 Å². The van der Waals surface area contributed by atoms with Crippen molar-refractivity contribution in [3.8, 4) is 157 Å². The summed E-state index contributed by atoms with van der Waals surface area (Å²) in [6.07, 6.45) is 3.71. The van der Waals surface area contributed by atoms with Crippen molar-refractivity contribution in [3.63, 3.8) is 0 Å². The smallest absolute Gasteiger partial charge is 0.148 e. The fourth-order valence-electron chi connectivity index (χ4n) is 16.4. The van der Waals surface area contributed by atoms with Gasteiger partial charge >= 0.3 is 0 Å². The average Bonchev–Trinajstić information content (AvgIpc) is 1.58. The number of aromatic nitrogens is 6. The van der Waals surface area contributed by atoms with Gasteiger partial charge in [0, 0.05) is 78.3 Å². The van der Waals surface area contributed by atoms with Gasteiger partial charge in [0.1, 0.15) is 23.1 Å². The van der Waals surface area contributed by atoms with Crippen LogP contribution in [0.25, 0.3) is 168 Å². The molecule has 0 aliphatic rings. The monoisotopic (exact) mass is 1970 g/mol. The second kappa shape index (κ2) is 35.8. The quantitative estimate of drug-likeness (QED) is 0.0935. The van der Waals surface area contributed by atoms with Gasteiger partial charge in [-0.05, 0) is 221 Å². The third-order valence-electron chi connectivity index (χ3n) is 23.0. The number of benzene rings is 14. The van der Waals surface area contributed by atoms with Gasteiger partial charge in [-0.1, -0.05) is 311 Å². The van der Waals surface area contributed by atoms with Crippen molar-refractivity contribution < 1.29 is 59.2 Å². The number of hydrogen-bond donors (Lipinski definition) is 2. The van der Waals surface area contributed by atoms with Crippen LogP contribution in [0.4, 0.5) is 0 Å². The van der Waals surface area contributed by atoms with Crippen LogP contribution in [0.5, 0.6) is 11.5 Å². The summed E-state index contributed by atoms with van der Waals surface area (Å²) in [5.41, 5.74) is 32.8. The Bertz CT molecular complexity index is 7180. The number of pyridine rings is 2. The van der Waals surface area contributed by atoms with E-state index in [-0.39, 0.29) is 64.6 Å². The minimum atomic E-state index is -2.59. The van der Waals surface area contributed by atoms with Crippen molar-refractivity contribution in [1.82, 2.24) is 29.1 Å². The van der Waals surface area contributed by atoms with Gasteiger partial charge in [0.05, 0.1) is 44.6 Å². The second-order valence-electron chi connectivity index (χ2n) is 33.4. The minimum absolute atomic E-state index is 0. The second-order valence-corrected chi connectivity index (χ2v) is 33.4. The number of phenolic OH excluding ortho intramolecular Hbond substituents is 2. The Kier molecular flexibility index (Phi) is 22.9. The minimum Gasteiger partial charge on any atom is -0.507 e. The zero-order valence-corrected chi connectivity index (χ0v) is 75.8. The third-order valence-corrected chi connectivity index (χ3v) is 23.0. The van der Waals surface area contributed by atoms with Gasteiger partial charge in [-0.3, -0.25) is 19.1 Å².